The van der Waals surface area contributed by atoms with Crippen LogP contribution in [-0.4, -0.2) is 50.0 Å². The van der Waals surface area contributed by atoms with Crippen LogP contribution >= 0.6 is 11.8 Å². The lowest BCUT2D eigenvalue weighted by Gasteiger charge is -2.16. The Labute approximate surface area is 194 Å². The number of rotatable bonds is 7. The number of oxazole rings is 1. The fourth-order valence-electron chi connectivity index (χ4n) is 4.96. The van der Waals surface area contributed by atoms with Gasteiger partial charge in [-0.3, -0.25) is 0 Å². The van der Waals surface area contributed by atoms with Gasteiger partial charge in [0.05, 0.1) is 11.3 Å². The average molecular weight is 478 g/mol. The summed E-state index contributed by atoms with van der Waals surface area (Å²) in [4.78, 5) is 6.60. The van der Waals surface area contributed by atoms with Gasteiger partial charge in [-0.05, 0) is 68.3 Å². The molecule has 176 valence electrons. The van der Waals surface area contributed by atoms with E-state index in [0.717, 1.165) is 61.1 Å². The third kappa shape index (κ3) is 4.42. The second kappa shape index (κ2) is 8.47. The molecule has 5 rings (SSSR count). The maximum absolute atomic E-state index is 12.8. The molecule has 6 nitrogen and oxygen atoms in total. The van der Waals surface area contributed by atoms with Gasteiger partial charge in [-0.2, -0.15) is 13.2 Å². The first-order valence-electron chi connectivity index (χ1n) is 11.1. The van der Waals surface area contributed by atoms with Crippen molar-refractivity contribution in [1.29, 1.82) is 0 Å². The number of benzene rings is 1. The highest BCUT2D eigenvalue weighted by Gasteiger charge is 2.57. The summed E-state index contributed by atoms with van der Waals surface area (Å²) >= 11 is 1.68. The topological polar surface area (TPSA) is 60.0 Å². The molecule has 1 saturated heterocycles. The molecule has 1 unspecified atom stereocenters. The molecular weight excluding hydrogens is 451 g/mol. The fraction of sp³-hybridized carbons (Fsp3) is 0.522. The van der Waals surface area contributed by atoms with Crippen molar-refractivity contribution < 1.29 is 17.6 Å². The van der Waals surface area contributed by atoms with Crippen molar-refractivity contribution in [2.75, 3.05) is 25.4 Å². The number of hydrogen-bond donors (Lipinski definition) is 0. The second-order valence-electron chi connectivity index (χ2n) is 9.10. The van der Waals surface area contributed by atoms with Crippen LogP contribution in [0.4, 0.5) is 13.2 Å². The van der Waals surface area contributed by atoms with Crippen molar-refractivity contribution in [2.45, 2.75) is 43.4 Å². The Hall–Kier alpha value is -2.33. The minimum absolute atomic E-state index is 0.250. The molecule has 0 N–H and O–H groups in total. The molecule has 10 heteroatoms. The van der Waals surface area contributed by atoms with E-state index in [-0.39, 0.29) is 5.41 Å². The maximum atomic E-state index is 12.8. The first-order chi connectivity index (χ1) is 15.8. The predicted molar refractivity (Wildman–Crippen MR) is 119 cm³/mol. The van der Waals surface area contributed by atoms with Crippen LogP contribution in [0.25, 0.3) is 11.6 Å². The minimum Gasteiger partial charge on any atom is -0.440 e. The molecule has 3 heterocycles. The summed E-state index contributed by atoms with van der Waals surface area (Å²) in [5, 5.41) is 9.38. The summed E-state index contributed by atoms with van der Waals surface area (Å²) in [5.74, 6) is 2.65. The summed E-state index contributed by atoms with van der Waals surface area (Å²) < 4.78 is 45.8. The van der Waals surface area contributed by atoms with Crippen molar-refractivity contribution >= 4 is 11.8 Å². The zero-order chi connectivity index (χ0) is 23.2. The number of thioether (sulfide) groups is 1. The second-order valence-corrected chi connectivity index (χ2v) is 10.2. The predicted octanol–water partition coefficient (Wildman–Crippen LogP) is 5.16. The highest BCUT2D eigenvalue weighted by atomic mass is 32.2. The number of aryl methyl sites for hydroxylation is 1. The van der Waals surface area contributed by atoms with Crippen molar-refractivity contribution in [3.8, 4) is 11.6 Å². The van der Waals surface area contributed by atoms with Gasteiger partial charge in [0.25, 0.3) is 0 Å². The van der Waals surface area contributed by atoms with Gasteiger partial charge in [0.2, 0.25) is 5.82 Å². The number of alkyl halides is 3. The largest absolute Gasteiger partial charge is 0.440 e. The Morgan fingerprint density at radius 3 is 2.70 bits per heavy atom. The van der Waals surface area contributed by atoms with E-state index >= 15 is 0 Å². The number of nitrogens with zero attached hydrogens (tertiary/aromatic N) is 5. The van der Waals surface area contributed by atoms with Gasteiger partial charge < -0.3 is 13.9 Å². The molecule has 1 aliphatic carbocycles. The summed E-state index contributed by atoms with van der Waals surface area (Å²) in [5.41, 5.74) is 1.51. The highest BCUT2D eigenvalue weighted by Crippen LogP contribution is 2.64. The number of likely N-dealkylation sites (tertiary alicyclic amines) is 1. The fourth-order valence-corrected chi connectivity index (χ4v) is 5.79. The van der Waals surface area contributed by atoms with E-state index in [9.17, 15) is 13.2 Å². The molecule has 1 spiro atoms. The van der Waals surface area contributed by atoms with E-state index < -0.39 is 11.7 Å². The highest BCUT2D eigenvalue weighted by molar-refractivity contribution is 7.99. The lowest BCUT2D eigenvalue weighted by atomic mass is 9.97. The van der Waals surface area contributed by atoms with E-state index in [0.29, 0.717) is 17.5 Å². The van der Waals surface area contributed by atoms with E-state index in [1.807, 2.05) is 18.5 Å². The van der Waals surface area contributed by atoms with Crippen LogP contribution in [0.2, 0.25) is 0 Å². The van der Waals surface area contributed by atoms with Gasteiger partial charge in [-0.1, -0.05) is 23.9 Å². The lowest BCUT2D eigenvalue weighted by Crippen LogP contribution is -2.23. The molecule has 1 aromatic carbocycles. The Morgan fingerprint density at radius 1 is 1.21 bits per heavy atom. The molecule has 2 atom stereocenters. The zero-order valence-electron chi connectivity index (χ0n) is 18.6. The molecule has 1 saturated carbocycles. The van der Waals surface area contributed by atoms with Crippen molar-refractivity contribution in [3.05, 3.63) is 47.5 Å². The van der Waals surface area contributed by atoms with Gasteiger partial charge >= 0.3 is 6.18 Å². The SMILES string of the molecule is Cc1ncoc1-c1nnc(SCCCN2CCC3(C[C@@H]3c3ccc(C(F)(F)F)cc3)C2)n1C. The molecule has 2 aromatic heterocycles. The Morgan fingerprint density at radius 2 is 2.00 bits per heavy atom. The minimum atomic E-state index is -4.27. The first kappa shape index (κ1) is 22.5. The molecule has 1 aliphatic heterocycles. The van der Waals surface area contributed by atoms with Crippen molar-refractivity contribution in [1.82, 2.24) is 24.6 Å². The standard InChI is InChI=1S/C23H26F3N5OS/c1-15-19(32-14-27-15)20-28-29-21(30(20)2)33-11-3-9-31-10-8-22(13-31)12-18(22)16-4-6-17(7-5-16)23(24,25)26/h4-7,14,18H,3,8-13H2,1-2H3/t18-,22?/m1/s1. The molecule has 0 radical (unpaired) electrons. The first-order valence-corrected chi connectivity index (χ1v) is 12.1. The van der Waals surface area contributed by atoms with Gasteiger partial charge in [-0.25, -0.2) is 4.98 Å². The number of aromatic nitrogens is 4. The van der Waals surface area contributed by atoms with Crippen LogP contribution in [0.3, 0.4) is 0 Å². The Bertz CT molecular complexity index is 1130. The quantitative estimate of drug-likeness (QED) is 0.346. The summed E-state index contributed by atoms with van der Waals surface area (Å²) in [6.45, 7) is 4.98. The molecule has 2 aliphatic rings. The molecular formula is C23H26F3N5OS. The van der Waals surface area contributed by atoms with E-state index in [4.69, 9.17) is 4.42 Å². The maximum Gasteiger partial charge on any atom is 0.416 e. The van der Waals surface area contributed by atoms with Crippen LogP contribution in [-0.2, 0) is 13.2 Å². The molecule has 3 aromatic rings. The molecule has 0 amide bonds. The number of hydrogen-bond acceptors (Lipinski definition) is 6. The normalized spacial score (nSPS) is 23.0. The zero-order valence-corrected chi connectivity index (χ0v) is 19.4. The van der Waals surface area contributed by atoms with E-state index in [1.165, 1.54) is 18.5 Å². The smallest absolute Gasteiger partial charge is 0.416 e. The van der Waals surface area contributed by atoms with E-state index in [2.05, 4.69) is 20.1 Å². The Kier molecular flexibility index (Phi) is 5.76. The van der Waals surface area contributed by atoms with Gasteiger partial charge in [0.1, 0.15) is 0 Å². The summed E-state index contributed by atoms with van der Waals surface area (Å²) in [6.07, 6.45) is 0.372. The van der Waals surface area contributed by atoms with Crippen LogP contribution < -0.4 is 0 Å². The van der Waals surface area contributed by atoms with E-state index in [1.54, 1.807) is 23.9 Å². The Balaban J connectivity index is 1.09. The van der Waals surface area contributed by atoms with Gasteiger partial charge in [-0.15, -0.1) is 10.2 Å². The molecule has 2 fully saturated rings. The van der Waals surface area contributed by atoms with Gasteiger partial charge in [0, 0.05) is 19.3 Å². The average Bonchev–Trinajstić information content (AvgIpc) is 3.05. The third-order valence-electron chi connectivity index (χ3n) is 6.93. The van der Waals surface area contributed by atoms with Crippen molar-refractivity contribution in [3.63, 3.8) is 0 Å². The van der Waals surface area contributed by atoms with Crippen LogP contribution in [0.1, 0.15) is 42.0 Å². The molecule has 0 bridgehead atoms. The van der Waals surface area contributed by atoms with Crippen molar-refractivity contribution in [2.24, 2.45) is 12.5 Å². The summed E-state index contributed by atoms with van der Waals surface area (Å²) in [7, 11) is 1.93. The summed E-state index contributed by atoms with van der Waals surface area (Å²) in [6, 6.07) is 5.76. The van der Waals surface area contributed by atoms with Crippen LogP contribution in [0.5, 0.6) is 0 Å². The number of halogens is 3. The van der Waals surface area contributed by atoms with Crippen LogP contribution in [0.15, 0.2) is 40.2 Å². The molecule has 33 heavy (non-hydrogen) atoms. The van der Waals surface area contributed by atoms with Crippen LogP contribution in [0, 0.1) is 12.3 Å². The lowest BCUT2D eigenvalue weighted by molar-refractivity contribution is -0.137. The monoisotopic (exact) mass is 477 g/mol. The van der Waals surface area contributed by atoms with Gasteiger partial charge in [0.15, 0.2) is 17.3 Å². The third-order valence-corrected chi connectivity index (χ3v) is 8.03.